The molecule has 0 radical (unpaired) electrons. The third kappa shape index (κ3) is 5.10. The van der Waals surface area contributed by atoms with E-state index in [1.165, 1.54) is 0 Å². The summed E-state index contributed by atoms with van der Waals surface area (Å²) in [7, 11) is -1.82. The molecule has 0 unspecified atom stereocenters. The second-order valence-corrected chi connectivity index (χ2v) is 11.5. The van der Waals surface area contributed by atoms with Gasteiger partial charge in [0.05, 0.1) is 0 Å². The van der Waals surface area contributed by atoms with Crippen molar-refractivity contribution in [3.8, 4) is 0 Å². The van der Waals surface area contributed by atoms with Crippen molar-refractivity contribution in [2.24, 2.45) is 0 Å². The summed E-state index contributed by atoms with van der Waals surface area (Å²) in [6.07, 6.45) is 1.48. The van der Waals surface area contributed by atoms with Crippen molar-refractivity contribution in [1.82, 2.24) is 0 Å². The highest BCUT2D eigenvalue weighted by Crippen LogP contribution is 2.37. The predicted molar refractivity (Wildman–Crippen MR) is 87.6 cm³/mol. The first-order chi connectivity index (χ1) is 9.12. The highest BCUT2D eigenvalue weighted by atomic mass is 28.4. The molecule has 0 saturated heterocycles. The standard InChI is InChI=1S/C16H27NO2Si/c1-14(19-20(5,6)16(2,3)4)12-17(18)13-15-10-8-7-9-11-15/h7-12,14H,13H2,1-6H3/b17-12-/t14-/m0/s1. The van der Waals surface area contributed by atoms with Gasteiger partial charge in [-0.3, -0.25) is 0 Å². The molecule has 0 bridgehead atoms. The fourth-order valence-electron chi connectivity index (χ4n) is 1.72. The molecule has 0 aliphatic carbocycles. The van der Waals surface area contributed by atoms with Crippen molar-refractivity contribution in [2.75, 3.05) is 0 Å². The van der Waals surface area contributed by atoms with E-state index in [4.69, 9.17) is 4.43 Å². The lowest BCUT2D eigenvalue weighted by molar-refractivity contribution is -0.472. The lowest BCUT2D eigenvalue weighted by Gasteiger charge is -2.37. The highest BCUT2D eigenvalue weighted by Gasteiger charge is 2.38. The van der Waals surface area contributed by atoms with Crippen molar-refractivity contribution in [3.05, 3.63) is 41.1 Å². The third-order valence-electron chi connectivity index (χ3n) is 3.84. The van der Waals surface area contributed by atoms with E-state index in [-0.39, 0.29) is 11.1 Å². The van der Waals surface area contributed by atoms with Crippen LogP contribution in [-0.2, 0) is 11.0 Å². The van der Waals surface area contributed by atoms with Gasteiger partial charge in [0.2, 0.25) is 0 Å². The van der Waals surface area contributed by atoms with Crippen LogP contribution >= 0.6 is 0 Å². The van der Waals surface area contributed by atoms with Crippen LogP contribution in [0.15, 0.2) is 30.3 Å². The number of nitrogens with zero attached hydrogens (tertiary/aromatic N) is 1. The van der Waals surface area contributed by atoms with Gasteiger partial charge in [-0.2, -0.15) is 0 Å². The van der Waals surface area contributed by atoms with E-state index in [1.54, 1.807) is 6.21 Å². The molecular formula is C16H27NO2Si. The van der Waals surface area contributed by atoms with E-state index in [1.807, 2.05) is 37.3 Å². The molecule has 0 fully saturated rings. The number of hydrogen-bond acceptors (Lipinski definition) is 2. The number of benzene rings is 1. The Balaban J connectivity index is 2.65. The maximum absolute atomic E-state index is 12.0. The van der Waals surface area contributed by atoms with Gasteiger partial charge in [-0.15, -0.1) is 0 Å². The van der Waals surface area contributed by atoms with Gasteiger partial charge >= 0.3 is 0 Å². The second-order valence-electron chi connectivity index (χ2n) is 6.79. The van der Waals surface area contributed by atoms with Crippen LogP contribution in [0.2, 0.25) is 18.1 Å². The van der Waals surface area contributed by atoms with Crippen LogP contribution in [0, 0.1) is 5.21 Å². The summed E-state index contributed by atoms with van der Waals surface area (Å²) >= 11 is 0. The number of hydrogen-bond donors (Lipinski definition) is 0. The van der Waals surface area contributed by atoms with E-state index in [2.05, 4.69) is 33.9 Å². The van der Waals surface area contributed by atoms with Gasteiger partial charge in [0.25, 0.3) is 0 Å². The molecule has 0 N–H and O–H groups in total. The minimum absolute atomic E-state index is 0.155. The lowest BCUT2D eigenvalue weighted by atomic mass is 10.2. The molecule has 0 amide bonds. The average Bonchev–Trinajstić information content (AvgIpc) is 2.27. The minimum atomic E-state index is -1.82. The van der Waals surface area contributed by atoms with E-state index < -0.39 is 8.32 Å². The Kier molecular flexibility index (Phi) is 5.54. The molecule has 0 saturated carbocycles. The summed E-state index contributed by atoms with van der Waals surface area (Å²) in [5, 5.41) is 12.1. The molecule has 1 atom stereocenters. The van der Waals surface area contributed by atoms with Gasteiger partial charge in [0, 0.05) is 5.56 Å². The first kappa shape index (κ1) is 16.9. The first-order valence-electron chi connectivity index (χ1n) is 7.12. The quantitative estimate of drug-likeness (QED) is 0.268. The molecule has 1 rings (SSSR count). The minimum Gasteiger partial charge on any atom is -0.624 e. The van der Waals surface area contributed by atoms with Gasteiger partial charge in [-0.05, 0) is 25.1 Å². The van der Waals surface area contributed by atoms with Crippen LogP contribution in [0.4, 0.5) is 0 Å². The van der Waals surface area contributed by atoms with Crippen molar-refractivity contribution in [2.45, 2.75) is 58.5 Å². The molecule has 0 aliphatic rings. The summed E-state index contributed by atoms with van der Waals surface area (Å²) in [5.41, 5.74) is 1.01. The predicted octanol–water partition coefficient (Wildman–Crippen LogP) is 4.18. The van der Waals surface area contributed by atoms with Gasteiger partial charge in [0.1, 0.15) is 6.10 Å². The molecule has 0 spiro atoms. The summed E-state index contributed by atoms with van der Waals surface area (Å²) in [6, 6.07) is 9.75. The Morgan fingerprint density at radius 3 is 2.30 bits per heavy atom. The van der Waals surface area contributed by atoms with E-state index >= 15 is 0 Å². The third-order valence-corrected chi connectivity index (χ3v) is 8.42. The first-order valence-corrected chi connectivity index (χ1v) is 10.0. The summed E-state index contributed by atoms with van der Waals surface area (Å²) in [4.78, 5) is 0. The highest BCUT2D eigenvalue weighted by molar-refractivity contribution is 6.74. The zero-order valence-corrected chi connectivity index (χ0v) is 14.5. The smallest absolute Gasteiger partial charge is 0.193 e. The molecule has 112 valence electrons. The van der Waals surface area contributed by atoms with Crippen molar-refractivity contribution < 1.29 is 9.16 Å². The lowest BCUT2D eigenvalue weighted by Crippen LogP contribution is -2.44. The van der Waals surface area contributed by atoms with Gasteiger partial charge in [-0.25, -0.2) is 4.74 Å². The summed E-state index contributed by atoms with van der Waals surface area (Å²) in [6.45, 7) is 13.3. The molecule has 4 heteroatoms. The van der Waals surface area contributed by atoms with E-state index in [0.717, 1.165) is 10.3 Å². The SMILES string of the molecule is C[C@@H](/C=[N+](\[O-])Cc1ccccc1)O[Si](C)(C)C(C)(C)C. The topological polar surface area (TPSA) is 35.3 Å². The van der Waals surface area contributed by atoms with Crippen LogP contribution in [0.3, 0.4) is 0 Å². The molecule has 20 heavy (non-hydrogen) atoms. The molecule has 1 aromatic carbocycles. The van der Waals surface area contributed by atoms with Crippen LogP contribution in [0.1, 0.15) is 33.3 Å². The Hall–Kier alpha value is -1.13. The van der Waals surface area contributed by atoms with Crippen LogP contribution in [0.25, 0.3) is 0 Å². The average molecular weight is 293 g/mol. The zero-order chi connectivity index (χ0) is 15.4. The molecular weight excluding hydrogens is 266 g/mol. The zero-order valence-electron chi connectivity index (χ0n) is 13.5. The van der Waals surface area contributed by atoms with Crippen molar-refractivity contribution in [1.29, 1.82) is 0 Å². The van der Waals surface area contributed by atoms with Crippen LogP contribution < -0.4 is 0 Å². The fourth-order valence-corrected chi connectivity index (χ4v) is 3.07. The molecule has 3 nitrogen and oxygen atoms in total. The molecule has 0 heterocycles. The van der Waals surface area contributed by atoms with Gasteiger partial charge in [-0.1, -0.05) is 51.1 Å². The van der Waals surface area contributed by atoms with Crippen LogP contribution in [0.5, 0.6) is 0 Å². The number of hydroxylamine groups is 1. The maximum Gasteiger partial charge on any atom is 0.193 e. The van der Waals surface area contributed by atoms with E-state index in [0.29, 0.717) is 6.54 Å². The molecule has 1 aromatic rings. The second kappa shape index (κ2) is 6.55. The Bertz CT molecular complexity index is 449. The van der Waals surface area contributed by atoms with Crippen LogP contribution in [-0.4, -0.2) is 25.4 Å². The maximum atomic E-state index is 12.0. The van der Waals surface area contributed by atoms with Crippen molar-refractivity contribution >= 4 is 14.5 Å². The van der Waals surface area contributed by atoms with E-state index in [9.17, 15) is 5.21 Å². The Morgan fingerprint density at radius 1 is 1.25 bits per heavy atom. The normalized spacial score (nSPS) is 15.2. The largest absolute Gasteiger partial charge is 0.624 e. The molecule has 0 aliphatic heterocycles. The fraction of sp³-hybridized carbons (Fsp3) is 0.562. The summed E-state index contributed by atoms with van der Waals surface area (Å²) < 4.78 is 7.12. The summed E-state index contributed by atoms with van der Waals surface area (Å²) in [5.74, 6) is 0. The Morgan fingerprint density at radius 2 is 1.80 bits per heavy atom. The molecule has 0 aromatic heterocycles. The van der Waals surface area contributed by atoms with Gasteiger partial charge in [0.15, 0.2) is 21.1 Å². The van der Waals surface area contributed by atoms with Crippen molar-refractivity contribution in [3.63, 3.8) is 0 Å². The monoisotopic (exact) mass is 293 g/mol. The Labute approximate surface area is 124 Å². The van der Waals surface area contributed by atoms with Gasteiger partial charge < -0.3 is 9.63 Å². The number of rotatable bonds is 5.